The molecule has 3 N–H and O–H groups in total. The van der Waals surface area contributed by atoms with Crippen molar-refractivity contribution in [2.45, 2.75) is 39.7 Å². The number of primary amides is 1. The molecule has 0 saturated heterocycles. The summed E-state index contributed by atoms with van der Waals surface area (Å²) in [5, 5.41) is 3.17. The zero-order valence-corrected chi connectivity index (χ0v) is 13.9. The van der Waals surface area contributed by atoms with Gasteiger partial charge in [0.1, 0.15) is 11.4 Å². The number of hydrogen-bond acceptors (Lipinski definition) is 3. The highest BCUT2D eigenvalue weighted by Crippen LogP contribution is 2.26. The van der Waals surface area contributed by atoms with E-state index in [9.17, 15) is 9.59 Å². The topological polar surface area (TPSA) is 84.6 Å². The normalized spacial score (nSPS) is 19.9. The average molecular weight is 311 g/mol. The third-order valence-corrected chi connectivity index (χ3v) is 4.16. The van der Waals surface area contributed by atoms with Crippen LogP contribution in [0.25, 0.3) is 0 Å². The first-order chi connectivity index (χ1) is 10.8. The summed E-state index contributed by atoms with van der Waals surface area (Å²) in [6, 6.07) is 5.14. The predicted molar refractivity (Wildman–Crippen MR) is 90.1 cm³/mol. The lowest BCUT2D eigenvalue weighted by atomic mass is 9.88. The smallest absolute Gasteiger partial charge is 0.273 e. The highest BCUT2D eigenvalue weighted by Gasteiger charge is 2.43. The van der Waals surface area contributed by atoms with Gasteiger partial charge in [-0.25, -0.2) is 0 Å². The lowest BCUT2D eigenvalue weighted by molar-refractivity contribution is -0.123. The van der Waals surface area contributed by atoms with Crippen LogP contribution in [0.3, 0.4) is 0 Å². The maximum Gasteiger partial charge on any atom is 0.273 e. The zero-order chi connectivity index (χ0) is 17.2. The molecule has 1 unspecified atom stereocenters. The summed E-state index contributed by atoms with van der Waals surface area (Å²) in [5.74, 6) is 5.57. The van der Waals surface area contributed by atoms with Gasteiger partial charge in [0.15, 0.2) is 0 Å². The fourth-order valence-corrected chi connectivity index (χ4v) is 2.36. The van der Waals surface area contributed by atoms with E-state index in [1.807, 2.05) is 20.8 Å². The number of carbonyl (C=O) groups is 2. The Hall–Kier alpha value is -2.61. The second-order valence-corrected chi connectivity index (χ2v) is 6.00. The molecule has 5 nitrogen and oxygen atoms in total. The Morgan fingerprint density at radius 2 is 2.13 bits per heavy atom. The fourth-order valence-electron chi connectivity index (χ4n) is 2.36. The molecule has 23 heavy (non-hydrogen) atoms. The molecule has 1 aliphatic rings. The number of amidine groups is 1. The summed E-state index contributed by atoms with van der Waals surface area (Å²) in [4.78, 5) is 28.2. The molecule has 0 aliphatic carbocycles. The minimum absolute atomic E-state index is 0.0437. The Morgan fingerprint density at radius 1 is 1.43 bits per heavy atom. The van der Waals surface area contributed by atoms with Gasteiger partial charge >= 0.3 is 0 Å². The molecule has 0 radical (unpaired) electrons. The van der Waals surface area contributed by atoms with Crippen LogP contribution in [0.4, 0.5) is 0 Å². The summed E-state index contributed by atoms with van der Waals surface area (Å²) < 4.78 is 0. The maximum atomic E-state index is 12.3. The molecule has 0 bridgehead atoms. The number of aliphatic imine (C=N–C) groups is 1. The van der Waals surface area contributed by atoms with Crippen LogP contribution >= 0.6 is 0 Å². The second kappa shape index (κ2) is 6.25. The fraction of sp³-hybridized carbons (Fsp3) is 0.389. The third kappa shape index (κ3) is 2.98. The Balaban J connectivity index is 2.61. The molecule has 1 atom stereocenters. The van der Waals surface area contributed by atoms with Crippen LogP contribution in [0.15, 0.2) is 23.2 Å². The van der Waals surface area contributed by atoms with Gasteiger partial charge in [0.05, 0.1) is 5.56 Å². The number of carbonyl (C=O) groups excluding carboxylic acids is 2. The Bertz CT molecular complexity index is 753. The van der Waals surface area contributed by atoms with E-state index in [1.165, 1.54) is 0 Å². The summed E-state index contributed by atoms with van der Waals surface area (Å²) in [6.07, 6.45) is 0.683. The van der Waals surface area contributed by atoms with Crippen LogP contribution in [0.2, 0.25) is 0 Å². The van der Waals surface area contributed by atoms with Crippen molar-refractivity contribution < 1.29 is 9.59 Å². The molecule has 5 heteroatoms. The quantitative estimate of drug-likeness (QED) is 0.835. The molecule has 0 fully saturated rings. The summed E-state index contributed by atoms with van der Waals surface area (Å²) in [5.41, 5.74) is 6.13. The SMILES string of the molecule is CCC#Cc1cccc(C(N)=O)c1C1=NC(=O)C(C)(C(C)C)N1. The van der Waals surface area contributed by atoms with E-state index in [1.54, 1.807) is 25.1 Å². The van der Waals surface area contributed by atoms with E-state index in [2.05, 4.69) is 22.2 Å². The molecular weight excluding hydrogens is 290 g/mol. The largest absolute Gasteiger partial charge is 0.366 e. The standard InChI is InChI=1S/C18H21N3O2/c1-5-6-8-12-9-7-10-13(15(19)22)14(12)16-20-17(23)18(4,21-16)11(2)3/h7,9-11H,5H2,1-4H3,(H2,19,22)(H,20,21,23). The Morgan fingerprint density at radius 3 is 2.65 bits per heavy atom. The first-order valence-corrected chi connectivity index (χ1v) is 7.64. The number of amides is 2. The monoisotopic (exact) mass is 311 g/mol. The van der Waals surface area contributed by atoms with Crippen LogP contribution in [0.1, 0.15) is 55.6 Å². The van der Waals surface area contributed by atoms with Crippen LogP contribution < -0.4 is 11.1 Å². The molecule has 0 spiro atoms. The zero-order valence-electron chi connectivity index (χ0n) is 13.9. The van der Waals surface area contributed by atoms with E-state index >= 15 is 0 Å². The van der Waals surface area contributed by atoms with Crippen molar-refractivity contribution in [1.29, 1.82) is 0 Å². The van der Waals surface area contributed by atoms with Crippen LogP contribution in [-0.4, -0.2) is 23.2 Å². The van der Waals surface area contributed by atoms with Gasteiger partial charge < -0.3 is 11.1 Å². The van der Waals surface area contributed by atoms with Gasteiger partial charge in [-0.05, 0) is 25.0 Å². The van der Waals surface area contributed by atoms with Crippen LogP contribution in [-0.2, 0) is 4.79 Å². The summed E-state index contributed by atoms with van der Waals surface area (Å²) in [6.45, 7) is 7.64. The predicted octanol–water partition coefficient (Wildman–Crippen LogP) is 1.84. The van der Waals surface area contributed by atoms with Crippen molar-refractivity contribution in [3.63, 3.8) is 0 Å². The number of nitrogens with one attached hydrogen (secondary N) is 1. The number of rotatable bonds is 3. The molecule has 0 aromatic heterocycles. The molecule has 1 aromatic rings. The van der Waals surface area contributed by atoms with Crippen molar-refractivity contribution in [3.05, 3.63) is 34.9 Å². The van der Waals surface area contributed by atoms with Crippen molar-refractivity contribution in [3.8, 4) is 11.8 Å². The number of nitrogens with two attached hydrogens (primary N) is 1. The van der Waals surface area contributed by atoms with Gasteiger partial charge in [-0.1, -0.05) is 38.7 Å². The summed E-state index contributed by atoms with van der Waals surface area (Å²) >= 11 is 0. The van der Waals surface area contributed by atoms with Crippen molar-refractivity contribution >= 4 is 17.6 Å². The molecule has 1 aromatic carbocycles. The molecule has 120 valence electrons. The van der Waals surface area contributed by atoms with Crippen LogP contribution in [0, 0.1) is 17.8 Å². The van der Waals surface area contributed by atoms with Gasteiger partial charge in [-0.2, -0.15) is 4.99 Å². The minimum atomic E-state index is -0.796. The van der Waals surface area contributed by atoms with Gasteiger partial charge in [-0.3, -0.25) is 9.59 Å². The first kappa shape index (κ1) is 16.8. The summed E-state index contributed by atoms with van der Waals surface area (Å²) in [7, 11) is 0. The van der Waals surface area contributed by atoms with Gasteiger partial charge in [0.25, 0.3) is 5.91 Å². The number of benzene rings is 1. The molecule has 2 amide bonds. The molecule has 2 rings (SSSR count). The van der Waals surface area contributed by atoms with Crippen LogP contribution in [0.5, 0.6) is 0 Å². The second-order valence-electron chi connectivity index (χ2n) is 6.00. The van der Waals surface area contributed by atoms with E-state index < -0.39 is 11.4 Å². The van der Waals surface area contributed by atoms with Gasteiger partial charge in [0.2, 0.25) is 5.91 Å². The van der Waals surface area contributed by atoms with Crippen molar-refractivity contribution in [2.24, 2.45) is 16.6 Å². The third-order valence-electron chi connectivity index (χ3n) is 4.16. The first-order valence-electron chi connectivity index (χ1n) is 7.64. The van der Waals surface area contributed by atoms with E-state index in [-0.39, 0.29) is 11.8 Å². The van der Waals surface area contributed by atoms with E-state index in [0.717, 1.165) is 0 Å². The Labute approximate surface area is 136 Å². The van der Waals surface area contributed by atoms with E-state index in [4.69, 9.17) is 5.73 Å². The van der Waals surface area contributed by atoms with Gasteiger partial charge in [-0.15, -0.1) is 0 Å². The molecule has 1 aliphatic heterocycles. The highest BCUT2D eigenvalue weighted by molar-refractivity contribution is 6.18. The lowest BCUT2D eigenvalue weighted by Crippen LogP contribution is -2.50. The molecule has 0 saturated carbocycles. The van der Waals surface area contributed by atoms with Crippen molar-refractivity contribution in [1.82, 2.24) is 5.32 Å². The molecule has 1 heterocycles. The number of hydrogen-bond donors (Lipinski definition) is 2. The maximum absolute atomic E-state index is 12.3. The van der Waals surface area contributed by atoms with E-state index in [0.29, 0.717) is 28.9 Å². The van der Waals surface area contributed by atoms with Gasteiger partial charge in [0, 0.05) is 17.5 Å². The highest BCUT2D eigenvalue weighted by atomic mass is 16.2. The molecular formula is C18H21N3O2. The van der Waals surface area contributed by atoms with Crippen molar-refractivity contribution in [2.75, 3.05) is 0 Å². The number of nitrogens with zero attached hydrogens (tertiary/aromatic N) is 1. The Kier molecular flexibility index (Phi) is 4.55. The minimum Gasteiger partial charge on any atom is -0.366 e. The lowest BCUT2D eigenvalue weighted by Gasteiger charge is -2.27. The average Bonchev–Trinajstić information content (AvgIpc) is 2.81.